The molecule has 0 aliphatic rings. The number of nitrogens with zero attached hydrogens (tertiary/aromatic N) is 2. The molecule has 2 aromatic rings. The Morgan fingerprint density at radius 2 is 2.20 bits per heavy atom. The highest BCUT2D eigenvalue weighted by Gasteiger charge is 2.10. The average Bonchev–Trinajstić information content (AvgIpc) is 2.98. The lowest BCUT2D eigenvalue weighted by Crippen LogP contribution is -2.16. The molecule has 0 saturated carbocycles. The lowest BCUT2D eigenvalue weighted by atomic mass is 10.2. The Bertz CT molecular complexity index is 622. The molecule has 0 atom stereocenters. The van der Waals surface area contributed by atoms with E-state index in [0.29, 0.717) is 6.04 Å². The monoisotopic (exact) mass is 273 g/mol. The highest BCUT2D eigenvalue weighted by Crippen LogP contribution is 2.18. The minimum atomic E-state index is -0.357. The second-order valence-corrected chi connectivity index (χ2v) is 4.97. The van der Waals surface area contributed by atoms with E-state index in [-0.39, 0.29) is 11.7 Å². The summed E-state index contributed by atoms with van der Waals surface area (Å²) in [6.45, 7) is 8.38. The maximum absolute atomic E-state index is 11.6. The fourth-order valence-electron chi connectivity index (χ4n) is 2.35. The van der Waals surface area contributed by atoms with Crippen LogP contribution in [0.15, 0.2) is 34.0 Å². The van der Waals surface area contributed by atoms with E-state index in [1.165, 1.54) is 12.0 Å². The standard InChI is InChI=1S/C15H19N3O2/c1-10(2)18-11(3)8-13(12(18)4)9-16-17-15(19)14-6-5-7-20-14/h5-10H,1-4H3,(H,17,19)/b16-9-. The van der Waals surface area contributed by atoms with Crippen LogP contribution >= 0.6 is 0 Å². The van der Waals surface area contributed by atoms with E-state index >= 15 is 0 Å². The fraction of sp³-hybridized carbons (Fsp3) is 0.333. The summed E-state index contributed by atoms with van der Waals surface area (Å²) >= 11 is 0. The minimum absolute atomic E-state index is 0.245. The molecule has 0 radical (unpaired) electrons. The zero-order valence-electron chi connectivity index (χ0n) is 12.2. The maximum Gasteiger partial charge on any atom is 0.307 e. The van der Waals surface area contributed by atoms with E-state index in [9.17, 15) is 4.79 Å². The van der Waals surface area contributed by atoms with Crippen molar-refractivity contribution in [1.82, 2.24) is 9.99 Å². The highest BCUT2D eigenvalue weighted by atomic mass is 16.3. The average molecular weight is 273 g/mol. The molecule has 5 nitrogen and oxygen atoms in total. The van der Waals surface area contributed by atoms with Crippen LogP contribution in [0.3, 0.4) is 0 Å². The molecular weight excluding hydrogens is 254 g/mol. The van der Waals surface area contributed by atoms with Gasteiger partial charge in [-0.05, 0) is 45.9 Å². The number of rotatable bonds is 4. The van der Waals surface area contributed by atoms with Crippen LogP contribution in [0.25, 0.3) is 0 Å². The van der Waals surface area contributed by atoms with E-state index < -0.39 is 0 Å². The molecule has 1 N–H and O–H groups in total. The van der Waals surface area contributed by atoms with Crippen molar-refractivity contribution in [2.45, 2.75) is 33.7 Å². The normalized spacial score (nSPS) is 11.4. The van der Waals surface area contributed by atoms with Crippen LogP contribution in [0.1, 0.15) is 47.4 Å². The number of carbonyl (C=O) groups is 1. The topological polar surface area (TPSA) is 59.5 Å². The number of amides is 1. The van der Waals surface area contributed by atoms with Crippen molar-refractivity contribution in [2.75, 3.05) is 0 Å². The molecule has 2 heterocycles. The van der Waals surface area contributed by atoms with Gasteiger partial charge in [-0.1, -0.05) is 0 Å². The third-order valence-electron chi connectivity index (χ3n) is 3.15. The van der Waals surface area contributed by atoms with Crippen LogP contribution in [0.4, 0.5) is 0 Å². The summed E-state index contributed by atoms with van der Waals surface area (Å²) in [6.07, 6.45) is 3.11. The van der Waals surface area contributed by atoms with Gasteiger partial charge < -0.3 is 8.98 Å². The Morgan fingerprint density at radius 3 is 2.75 bits per heavy atom. The van der Waals surface area contributed by atoms with Gasteiger partial charge in [0.1, 0.15) is 0 Å². The summed E-state index contributed by atoms with van der Waals surface area (Å²) in [5, 5.41) is 3.97. The lowest BCUT2D eigenvalue weighted by molar-refractivity contribution is 0.0927. The van der Waals surface area contributed by atoms with E-state index in [2.05, 4.69) is 41.9 Å². The number of nitrogens with one attached hydrogen (secondary N) is 1. The molecule has 0 saturated heterocycles. The summed E-state index contributed by atoms with van der Waals surface area (Å²) in [7, 11) is 0. The fourth-order valence-corrected chi connectivity index (χ4v) is 2.35. The van der Waals surface area contributed by atoms with Crippen molar-refractivity contribution in [3.63, 3.8) is 0 Å². The summed E-state index contributed by atoms with van der Waals surface area (Å²) in [5.74, 6) is -0.112. The van der Waals surface area contributed by atoms with E-state index in [4.69, 9.17) is 4.42 Å². The van der Waals surface area contributed by atoms with Gasteiger partial charge in [-0.3, -0.25) is 4.79 Å². The van der Waals surface area contributed by atoms with E-state index in [1.54, 1.807) is 18.3 Å². The summed E-state index contributed by atoms with van der Waals surface area (Å²) in [5.41, 5.74) is 5.75. The second kappa shape index (κ2) is 5.77. The number of aryl methyl sites for hydroxylation is 1. The Labute approximate surface area is 118 Å². The molecule has 2 aromatic heterocycles. The highest BCUT2D eigenvalue weighted by molar-refractivity contribution is 5.92. The third-order valence-corrected chi connectivity index (χ3v) is 3.15. The lowest BCUT2D eigenvalue weighted by Gasteiger charge is -2.13. The number of aromatic nitrogens is 1. The van der Waals surface area contributed by atoms with Crippen molar-refractivity contribution >= 4 is 12.1 Å². The van der Waals surface area contributed by atoms with Gasteiger partial charge in [0.05, 0.1) is 12.5 Å². The van der Waals surface area contributed by atoms with Crippen LogP contribution in [-0.4, -0.2) is 16.7 Å². The van der Waals surface area contributed by atoms with Gasteiger partial charge in [0, 0.05) is 23.0 Å². The van der Waals surface area contributed by atoms with Crippen molar-refractivity contribution in [1.29, 1.82) is 0 Å². The maximum atomic E-state index is 11.6. The van der Waals surface area contributed by atoms with Crippen molar-refractivity contribution in [2.24, 2.45) is 5.10 Å². The Hall–Kier alpha value is -2.30. The third kappa shape index (κ3) is 2.82. The molecule has 0 aromatic carbocycles. The summed E-state index contributed by atoms with van der Waals surface area (Å²) in [4.78, 5) is 11.6. The smallest absolute Gasteiger partial charge is 0.307 e. The Balaban J connectivity index is 2.09. The number of carbonyl (C=O) groups excluding carboxylic acids is 1. The van der Waals surface area contributed by atoms with Crippen molar-refractivity contribution in [3.05, 3.63) is 47.2 Å². The van der Waals surface area contributed by atoms with E-state index in [0.717, 1.165) is 11.3 Å². The molecule has 2 rings (SSSR count). The SMILES string of the molecule is Cc1cc(/C=N\NC(=O)c2ccco2)c(C)n1C(C)C. The zero-order valence-corrected chi connectivity index (χ0v) is 12.2. The van der Waals surface area contributed by atoms with Crippen LogP contribution in [0, 0.1) is 13.8 Å². The first-order valence-corrected chi connectivity index (χ1v) is 6.56. The molecule has 1 amide bonds. The molecule has 0 bridgehead atoms. The molecule has 0 unspecified atom stereocenters. The van der Waals surface area contributed by atoms with Crippen LogP contribution in [-0.2, 0) is 0 Å². The van der Waals surface area contributed by atoms with Gasteiger partial charge in [-0.15, -0.1) is 0 Å². The van der Waals surface area contributed by atoms with Gasteiger partial charge in [0.25, 0.3) is 0 Å². The number of hydrogen-bond donors (Lipinski definition) is 1. The van der Waals surface area contributed by atoms with Gasteiger partial charge in [0.2, 0.25) is 0 Å². The van der Waals surface area contributed by atoms with Gasteiger partial charge >= 0.3 is 5.91 Å². The molecule has 5 heteroatoms. The molecule has 0 spiro atoms. The Morgan fingerprint density at radius 1 is 1.45 bits per heavy atom. The predicted molar refractivity (Wildman–Crippen MR) is 78.1 cm³/mol. The molecule has 106 valence electrons. The molecule has 0 aliphatic carbocycles. The number of furan rings is 1. The number of hydrogen-bond acceptors (Lipinski definition) is 3. The second-order valence-electron chi connectivity index (χ2n) is 4.97. The first kappa shape index (κ1) is 14.1. The van der Waals surface area contributed by atoms with E-state index in [1.807, 2.05) is 6.92 Å². The van der Waals surface area contributed by atoms with Gasteiger partial charge in [-0.2, -0.15) is 5.10 Å². The first-order valence-electron chi connectivity index (χ1n) is 6.56. The molecule has 20 heavy (non-hydrogen) atoms. The molecule has 0 aliphatic heterocycles. The van der Waals surface area contributed by atoms with Crippen molar-refractivity contribution < 1.29 is 9.21 Å². The Kier molecular flexibility index (Phi) is 4.08. The number of hydrazone groups is 1. The van der Waals surface area contributed by atoms with Crippen LogP contribution in [0.2, 0.25) is 0 Å². The van der Waals surface area contributed by atoms with Crippen molar-refractivity contribution in [3.8, 4) is 0 Å². The summed E-state index contributed by atoms with van der Waals surface area (Å²) in [6, 6.07) is 5.71. The zero-order chi connectivity index (χ0) is 14.7. The molecule has 0 fully saturated rings. The van der Waals surface area contributed by atoms with Crippen LogP contribution < -0.4 is 5.43 Å². The molecular formula is C15H19N3O2. The minimum Gasteiger partial charge on any atom is -0.459 e. The largest absolute Gasteiger partial charge is 0.459 e. The predicted octanol–water partition coefficient (Wildman–Crippen LogP) is 3.04. The summed E-state index contributed by atoms with van der Waals surface area (Å²) < 4.78 is 7.22. The first-order chi connectivity index (χ1) is 9.50. The van der Waals surface area contributed by atoms with Gasteiger partial charge in [0.15, 0.2) is 5.76 Å². The van der Waals surface area contributed by atoms with Crippen LogP contribution in [0.5, 0.6) is 0 Å². The van der Waals surface area contributed by atoms with Gasteiger partial charge in [-0.25, -0.2) is 5.43 Å². The quantitative estimate of drug-likeness (QED) is 0.687.